The molecule has 2 rings (SSSR count). The van der Waals surface area contributed by atoms with Gasteiger partial charge in [0.1, 0.15) is 4.21 Å². The molecule has 0 aromatic carbocycles. The van der Waals surface area contributed by atoms with Crippen molar-refractivity contribution in [1.29, 1.82) is 0 Å². The first kappa shape index (κ1) is 17.4. The summed E-state index contributed by atoms with van der Waals surface area (Å²) in [7, 11) is -1.78. The molecular weight excluding hydrogens is 372 g/mol. The van der Waals surface area contributed by atoms with Gasteiger partial charge in [-0.15, -0.1) is 23.7 Å². The summed E-state index contributed by atoms with van der Waals surface area (Å²) in [5.41, 5.74) is 6.66. The van der Waals surface area contributed by atoms with Crippen molar-refractivity contribution in [2.24, 2.45) is 11.7 Å². The Balaban J connectivity index is 0.00000180. The van der Waals surface area contributed by atoms with Crippen LogP contribution in [0.3, 0.4) is 0 Å². The number of rotatable bonds is 5. The van der Waals surface area contributed by atoms with Gasteiger partial charge < -0.3 is 5.73 Å². The molecule has 0 spiro atoms. The lowest BCUT2D eigenvalue weighted by Crippen LogP contribution is -2.42. The third-order valence-corrected chi connectivity index (χ3v) is 7.81. The van der Waals surface area contributed by atoms with Gasteiger partial charge in [-0.3, -0.25) is 0 Å². The number of thiophene rings is 1. The van der Waals surface area contributed by atoms with Gasteiger partial charge in [-0.25, -0.2) is 8.42 Å². The molecule has 1 aliphatic carbocycles. The van der Waals surface area contributed by atoms with Crippen molar-refractivity contribution in [3.05, 3.63) is 15.4 Å². The van der Waals surface area contributed by atoms with Gasteiger partial charge in [-0.2, -0.15) is 4.31 Å². The normalized spacial score (nSPS) is 17.3. The predicted molar refractivity (Wildman–Crippen MR) is 84.5 cm³/mol. The Labute approximate surface area is 133 Å². The van der Waals surface area contributed by atoms with Crippen LogP contribution in [-0.2, 0) is 10.0 Å². The highest BCUT2D eigenvalue weighted by Crippen LogP contribution is 2.38. The molecule has 1 unspecified atom stereocenters. The van der Waals surface area contributed by atoms with Gasteiger partial charge in [-0.1, -0.05) is 0 Å². The second-order valence-corrected chi connectivity index (χ2v) is 9.28. The van der Waals surface area contributed by atoms with E-state index in [9.17, 15) is 8.42 Å². The van der Waals surface area contributed by atoms with E-state index < -0.39 is 10.0 Å². The fourth-order valence-electron chi connectivity index (χ4n) is 2.00. The average Bonchev–Trinajstić information content (AvgIpc) is 3.07. The van der Waals surface area contributed by atoms with E-state index in [0.29, 0.717) is 16.7 Å². The molecule has 8 heteroatoms. The average molecular weight is 390 g/mol. The minimum absolute atomic E-state index is 0. The third-order valence-electron chi connectivity index (χ3n) is 3.34. The van der Waals surface area contributed by atoms with E-state index in [4.69, 9.17) is 5.73 Å². The molecule has 0 radical (unpaired) electrons. The van der Waals surface area contributed by atoms with Gasteiger partial charge in [0, 0.05) is 19.6 Å². The quantitative estimate of drug-likeness (QED) is 0.842. The molecule has 19 heavy (non-hydrogen) atoms. The van der Waals surface area contributed by atoms with E-state index in [1.165, 1.54) is 15.6 Å². The second kappa shape index (κ2) is 6.41. The third kappa shape index (κ3) is 3.51. The standard InChI is InChI=1S/C11H17BrN2O2S2.ClH/c1-7-5-10(17-11(7)12)18(15,16)14(2)9(6-13)8-3-4-8;/h5,8-9H,3-4,6,13H2,1-2H3;1H. The van der Waals surface area contributed by atoms with Crippen molar-refractivity contribution in [2.75, 3.05) is 13.6 Å². The van der Waals surface area contributed by atoms with Crippen LogP contribution in [0.25, 0.3) is 0 Å². The lowest BCUT2D eigenvalue weighted by atomic mass is 10.2. The molecule has 2 N–H and O–H groups in total. The molecule has 1 heterocycles. The van der Waals surface area contributed by atoms with E-state index in [0.717, 1.165) is 22.2 Å². The summed E-state index contributed by atoms with van der Waals surface area (Å²) in [5.74, 6) is 0.430. The zero-order valence-corrected chi connectivity index (χ0v) is 14.8. The Morgan fingerprint density at radius 1 is 1.58 bits per heavy atom. The van der Waals surface area contributed by atoms with Crippen LogP contribution in [0, 0.1) is 12.8 Å². The molecular formula is C11H18BrClN2O2S2. The molecule has 1 fully saturated rings. The van der Waals surface area contributed by atoms with E-state index in [1.54, 1.807) is 13.1 Å². The van der Waals surface area contributed by atoms with Crippen molar-refractivity contribution in [1.82, 2.24) is 4.31 Å². The molecule has 1 aromatic rings. The number of hydrogen-bond acceptors (Lipinski definition) is 4. The van der Waals surface area contributed by atoms with Gasteiger partial charge in [0.05, 0.1) is 3.79 Å². The number of hydrogen-bond donors (Lipinski definition) is 1. The molecule has 1 atom stereocenters. The van der Waals surface area contributed by atoms with E-state index >= 15 is 0 Å². The van der Waals surface area contributed by atoms with E-state index in [2.05, 4.69) is 15.9 Å². The first-order valence-corrected chi connectivity index (χ1v) is 8.87. The highest BCUT2D eigenvalue weighted by Gasteiger charge is 2.38. The first-order chi connectivity index (χ1) is 8.37. The number of likely N-dealkylation sites (N-methyl/N-ethyl adjacent to an activating group) is 1. The summed E-state index contributed by atoms with van der Waals surface area (Å²) in [5, 5.41) is 0. The summed E-state index contributed by atoms with van der Waals surface area (Å²) in [6, 6.07) is 1.64. The number of nitrogens with two attached hydrogens (primary N) is 1. The number of sulfonamides is 1. The summed E-state index contributed by atoms with van der Waals surface area (Å²) in [6.45, 7) is 2.27. The molecule has 0 amide bonds. The summed E-state index contributed by atoms with van der Waals surface area (Å²) in [4.78, 5) is 0. The van der Waals surface area contributed by atoms with Crippen LogP contribution >= 0.6 is 39.7 Å². The van der Waals surface area contributed by atoms with Crippen LogP contribution in [0.1, 0.15) is 18.4 Å². The summed E-state index contributed by atoms with van der Waals surface area (Å²) in [6.07, 6.45) is 2.16. The molecule has 1 aromatic heterocycles. The van der Waals surface area contributed by atoms with Crippen LogP contribution in [0.15, 0.2) is 14.1 Å². The topological polar surface area (TPSA) is 63.4 Å². The highest BCUT2D eigenvalue weighted by molar-refractivity contribution is 9.11. The Hall–Kier alpha value is 0.340. The van der Waals surface area contributed by atoms with Crippen molar-refractivity contribution in [2.45, 2.75) is 30.0 Å². The Bertz CT molecular complexity index is 523. The Morgan fingerprint density at radius 3 is 2.53 bits per heavy atom. The van der Waals surface area contributed by atoms with Gasteiger partial charge in [-0.05, 0) is 53.2 Å². The number of halogens is 2. The fourth-order valence-corrected chi connectivity index (χ4v) is 5.84. The Kier molecular flexibility index (Phi) is 5.86. The van der Waals surface area contributed by atoms with Crippen molar-refractivity contribution < 1.29 is 8.42 Å². The van der Waals surface area contributed by atoms with Crippen molar-refractivity contribution >= 4 is 49.7 Å². The van der Waals surface area contributed by atoms with Crippen LogP contribution in [0.2, 0.25) is 0 Å². The smallest absolute Gasteiger partial charge is 0.252 e. The van der Waals surface area contributed by atoms with Crippen molar-refractivity contribution in [3.63, 3.8) is 0 Å². The molecule has 4 nitrogen and oxygen atoms in total. The van der Waals surface area contributed by atoms with Crippen LogP contribution in [0.4, 0.5) is 0 Å². The van der Waals surface area contributed by atoms with Gasteiger partial charge in [0.25, 0.3) is 10.0 Å². The van der Waals surface area contributed by atoms with E-state index in [1.807, 2.05) is 6.92 Å². The zero-order chi connectivity index (χ0) is 13.5. The largest absolute Gasteiger partial charge is 0.329 e. The summed E-state index contributed by atoms with van der Waals surface area (Å²) >= 11 is 4.62. The predicted octanol–water partition coefficient (Wildman–Crippen LogP) is 2.60. The maximum Gasteiger partial charge on any atom is 0.252 e. The molecule has 110 valence electrons. The maximum absolute atomic E-state index is 12.5. The molecule has 0 saturated heterocycles. The van der Waals surface area contributed by atoms with Crippen LogP contribution in [0.5, 0.6) is 0 Å². The SMILES string of the molecule is Cc1cc(S(=O)(=O)N(C)C(CN)C2CC2)sc1Br.Cl. The van der Waals surface area contributed by atoms with Gasteiger partial charge in [0.15, 0.2) is 0 Å². The van der Waals surface area contributed by atoms with Crippen LogP contribution < -0.4 is 5.73 Å². The minimum Gasteiger partial charge on any atom is -0.329 e. The van der Waals surface area contributed by atoms with Crippen molar-refractivity contribution in [3.8, 4) is 0 Å². The second-order valence-electron chi connectivity index (χ2n) is 4.68. The first-order valence-electron chi connectivity index (χ1n) is 5.82. The molecule has 0 aliphatic heterocycles. The molecule has 1 aliphatic rings. The van der Waals surface area contributed by atoms with E-state index in [-0.39, 0.29) is 18.4 Å². The monoisotopic (exact) mass is 388 g/mol. The lowest BCUT2D eigenvalue weighted by molar-refractivity contribution is 0.341. The van der Waals surface area contributed by atoms with Gasteiger partial charge in [0.2, 0.25) is 0 Å². The lowest BCUT2D eigenvalue weighted by Gasteiger charge is -2.25. The molecule has 0 bridgehead atoms. The number of aryl methyl sites for hydroxylation is 1. The highest BCUT2D eigenvalue weighted by atomic mass is 79.9. The fraction of sp³-hybridized carbons (Fsp3) is 0.636. The Morgan fingerprint density at radius 2 is 2.16 bits per heavy atom. The number of nitrogens with zero attached hydrogens (tertiary/aromatic N) is 1. The minimum atomic E-state index is -3.42. The molecule has 1 saturated carbocycles. The summed E-state index contributed by atoms with van der Waals surface area (Å²) < 4.78 is 27.7. The maximum atomic E-state index is 12.5. The van der Waals surface area contributed by atoms with Crippen LogP contribution in [-0.4, -0.2) is 32.4 Å². The van der Waals surface area contributed by atoms with Gasteiger partial charge >= 0.3 is 0 Å². The zero-order valence-electron chi connectivity index (χ0n) is 10.8.